The molecular weight excluding hydrogens is 272 g/mol. The molecule has 3 nitrogen and oxygen atoms in total. The average molecular weight is 285 g/mol. The Morgan fingerprint density at radius 3 is 2.85 bits per heavy atom. The topological polar surface area (TPSA) is 45.1 Å². The van der Waals surface area contributed by atoms with E-state index in [2.05, 4.69) is 10.3 Å². The van der Waals surface area contributed by atoms with Crippen LogP contribution >= 0.6 is 11.6 Å². The van der Waals surface area contributed by atoms with Crippen molar-refractivity contribution in [2.24, 2.45) is 0 Å². The zero-order valence-electron chi connectivity index (χ0n) is 10.7. The predicted octanol–water partition coefficient (Wildman–Crippen LogP) is 4.21. The van der Waals surface area contributed by atoms with E-state index in [0.29, 0.717) is 11.6 Å². The molecule has 3 rings (SSSR count). The number of halogens is 1. The number of nitrogens with zero attached hydrogens (tertiary/aromatic N) is 1. The van der Waals surface area contributed by atoms with Crippen molar-refractivity contribution >= 4 is 28.1 Å². The fraction of sp³-hybridized carbons (Fsp3) is 0.0625. The summed E-state index contributed by atoms with van der Waals surface area (Å²) in [5, 5.41) is 15.8. The minimum Gasteiger partial charge on any atom is -0.506 e. The highest BCUT2D eigenvalue weighted by atomic mass is 35.5. The van der Waals surface area contributed by atoms with Gasteiger partial charge in [0.05, 0.1) is 5.02 Å². The lowest BCUT2D eigenvalue weighted by Crippen LogP contribution is -2.00. The Balaban J connectivity index is 1.89. The molecule has 0 spiro atoms. The first-order chi connectivity index (χ1) is 9.75. The molecule has 4 heteroatoms. The summed E-state index contributed by atoms with van der Waals surface area (Å²) < 4.78 is 0. The molecule has 3 aromatic rings. The van der Waals surface area contributed by atoms with Gasteiger partial charge >= 0.3 is 0 Å². The lowest BCUT2D eigenvalue weighted by molar-refractivity contribution is 0.469. The number of phenolic OH excluding ortho intramolecular Hbond substituents is 1. The highest BCUT2D eigenvalue weighted by Crippen LogP contribution is 2.28. The van der Waals surface area contributed by atoms with Gasteiger partial charge in [-0.05, 0) is 18.2 Å². The van der Waals surface area contributed by atoms with E-state index in [1.54, 1.807) is 12.3 Å². The van der Waals surface area contributed by atoms with Gasteiger partial charge < -0.3 is 10.4 Å². The molecule has 0 atom stereocenters. The molecule has 2 N–H and O–H groups in total. The van der Waals surface area contributed by atoms with E-state index in [0.717, 1.165) is 22.0 Å². The van der Waals surface area contributed by atoms with Crippen LogP contribution in [0.15, 0.2) is 54.9 Å². The summed E-state index contributed by atoms with van der Waals surface area (Å²) in [4.78, 5) is 4.11. The molecule has 0 saturated carbocycles. The van der Waals surface area contributed by atoms with Crippen molar-refractivity contribution in [2.45, 2.75) is 6.54 Å². The Bertz CT molecular complexity index is 753. The number of hydrogen-bond donors (Lipinski definition) is 2. The number of phenols is 1. The summed E-state index contributed by atoms with van der Waals surface area (Å²) in [5.74, 6) is 0.128. The normalized spacial score (nSPS) is 10.7. The van der Waals surface area contributed by atoms with Gasteiger partial charge in [-0.3, -0.25) is 4.98 Å². The Hall–Kier alpha value is -2.26. The van der Waals surface area contributed by atoms with Crippen molar-refractivity contribution < 1.29 is 5.11 Å². The fourth-order valence-corrected chi connectivity index (χ4v) is 2.36. The molecular formula is C16H13ClN2O. The van der Waals surface area contributed by atoms with E-state index in [-0.39, 0.29) is 5.75 Å². The maximum absolute atomic E-state index is 9.91. The van der Waals surface area contributed by atoms with Crippen molar-refractivity contribution in [1.29, 1.82) is 0 Å². The largest absolute Gasteiger partial charge is 0.506 e. The number of aromatic nitrogens is 1. The number of para-hydroxylation sites is 1. The summed E-state index contributed by atoms with van der Waals surface area (Å²) in [6.45, 7) is 0.508. The van der Waals surface area contributed by atoms with Crippen molar-refractivity contribution in [3.05, 3.63) is 65.4 Å². The third-order valence-corrected chi connectivity index (χ3v) is 3.53. The zero-order valence-corrected chi connectivity index (χ0v) is 11.4. The van der Waals surface area contributed by atoms with Crippen LogP contribution in [0.2, 0.25) is 5.02 Å². The summed E-state index contributed by atoms with van der Waals surface area (Å²) in [6, 6.07) is 13.3. The van der Waals surface area contributed by atoms with Gasteiger partial charge in [-0.25, -0.2) is 0 Å². The molecule has 1 aromatic heterocycles. The highest BCUT2D eigenvalue weighted by Gasteiger charge is 2.06. The highest BCUT2D eigenvalue weighted by molar-refractivity contribution is 6.32. The van der Waals surface area contributed by atoms with Gasteiger partial charge in [-0.15, -0.1) is 0 Å². The van der Waals surface area contributed by atoms with Crippen molar-refractivity contribution in [2.75, 3.05) is 5.32 Å². The number of benzene rings is 2. The van der Waals surface area contributed by atoms with Gasteiger partial charge in [-0.1, -0.05) is 35.9 Å². The van der Waals surface area contributed by atoms with Crippen LogP contribution in [0.25, 0.3) is 10.8 Å². The Morgan fingerprint density at radius 2 is 1.95 bits per heavy atom. The van der Waals surface area contributed by atoms with Crippen molar-refractivity contribution in [1.82, 2.24) is 4.98 Å². The van der Waals surface area contributed by atoms with E-state index in [1.807, 2.05) is 42.6 Å². The maximum Gasteiger partial charge on any atom is 0.139 e. The third-order valence-electron chi connectivity index (χ3n) is 3.22. The number of fused-ring (bicyclic) bond motifs is 1. The van der Waals surface area contributed by atoms with Crippen molar-refractivity contribution in [3.63, 3.8) is 0 Å². The summed E-state index contributed by atoms with van der Waals surface area (Å²) in [5.41, 5.74) is 1.77. The van der Waals surface area contributed by atoms with Crippen LogP contribution in [0.4, 0.5) is 5.69 Å². The smallest absolute Gasteiger partial charge is 0.139 e. The van der Waals surface area contributed by atoms with Crippen LogP contribution in [0.5, 0.6) is 5.75 Å². The van der Waals surface area contributed by atoms with E-state index in [1.165, 1.54) is 0 Å². The number of nitrogens with one attached hydrogen (secondary N) is 1. The Labute approximate surface area is 121 Å². The van der Waals surface area contributed by atoms with Crippen LogP contribution in [0, 0.1) is 0 Å². The van der Waals surface area contributed by atoms with Crippen LogP contribution in [0.3, 0.4) is 0 Å². The quantitative estimate of drug-likeness (QED) is 0.757. The average Bonchev–Trinajstić information content (AvgIpc) is 2.49. The van der Waals surface area contributed by atoms with E-state index >= 15 is 0 Å². The summed E-state index contributed by atoms with van der Waals surface area (Å²) in [6.07, 6.45) is 3.60. The Kier molecular flexibility index (Phi) is 3.44. The van der Waals surface area contributed by atoms with Crippen LogP contribution in [-0.4, -0.2) is 10.1 Å². The zero-order chi connectivity index (χ0) is 13.9. The van der Waals surface area contributed by atoms with Crippen LogP contribution < -0.4 is 5.32 Å². The lowest BCUT2D eigenvalue weighted by atomic mass is 10.1. The molecule has 0 saturated heterocycles. The first kappa shape index (κ1) is 12.8. The predicted molar refractivity (Wildman–Crippen MR) is 82.2 cm³/mol. The second-order valence-electron chi connectivity index (χ2n) is 4.50. The van der Waals surface area contributed by atoms with Crippen LogP contribution in [0.1, 0.15) is 5.56 Å². The number of rotatable bonds is 3. The molecule has 0 fully saturated rings. The SMILES string of the molecule is Oc1c(Cl)cccc1CNc1cccc2cnccc12. The second-order valence-corrected chi connectivity index (χ2v) is 4.91. The number of aromatic hydroxyl groups is 1. The standard InChI is InChI=1S/C16H13ClN2O/c17-14-5-1-4-12(16(14)20)10-19-15-6-2-3-11-9-18-8-7-13(11)15/h1-9,19-20H,10H2. The monoisotopic (exact) mass is 284 g/mol. The first-order valence-corrected chi connectivity index (χ1v) is 6.66. The number of anilines is 1. The van der Waals surface area contributed by atoms with Gasteiger partial charge in [0.2, 0.25) is 0 Å². The minimum atomic E-state index is 0.128. The summed E-state index contributed by atoms with van der Waals surface area (Å²) in [7, 11) is 0. The number of pyridine rings is 1. The van der Waals surface area contributed by atoms with Gasteiger partial charge in [-0.2, -0.15) is 0 Å². The molecule has 0 bridgehead atoms. The molecule has 0 aliphatic heterocycles. The molecule has 1 heterocycles. The van der Waals surface area contributed by atoms with Gasteiger partial charge in [0, 0.05) is 41.0 Å². The molecule has 20 heavy (non-hydrogen) atoms. The minimum absolute atomic E-state index is 0.128. The second kappa shape index (κ2) is 5.39. The molecule has 0 aliphatic rings. The lowest BCUT2D eigenvalue weighted by Gasteiger charge is -2.11. The molecule has 2 aromatic carbocycles. The molecule has 0 aliphatic carbocycles. The third kappa shape index (κ3) is 2.40. The maximum atomic E-state index is 9.91. The van der Waals surface area contributed by atoms with E-state index < -0.39 is 0 Å². The van der Waals surface area contributed by atoms with E-state index in [4.69, 9.17) is 11.6 Å². The van der Waals surface area contributed by atoms with Gasteiger partial charge in [0.25, 0.3) is 0 Å². The summed E-state index contributed by atoms with van der Waals surface area (Å²) >= 11 is 5.90. The van der Waals surface area contributed by atoms with Gasteiger partial charge in [0.1, 0.15) is 5.75 Å². The fourth-order valence-electron chi connectivity index (χ4n) is 2.17. The molecule has 0 amide bonds. The molecule has 0 radical (unpaired) electrons. The first-order valence-electron chi connectivity index (χ1n) is 6.28. The molecule has 100 valence electrons. The van der Waals surface area contributed by atoms with Crippen LogP contribution in [-0.2, 0) is 6.54 Å². The van der Waals surface area contributed by atoms with E-state index in [9.17, 15) is 5.11 Å². The Morgan fingerprint density at radius 1 is 1.10 bits per heavy atom. The van der Waals surface area contributed by atoms with Gasteiger partial charge in [0.15, 0.2) is 0 Å². The van der Waals surface area contributed by atoms with Crippen molar-refractivity contribution in [3.8, 4) is 5.75 Å². The molecule has 0 unspecified atom stereocenters. The number of hydrogen-bond acceptors (Lipinski definition) is 3.